The molecule has 1 aromatic heterocycles. The highest BCUT2D eigenvalue weighted by atomic mass is 16.4. The van der Waals surface area contributed by atoms with Gasteiger partial charge in [0.2, 0.25) is 0 Å². The zero-order valence-corrected chi connectivity index (χ0v) is 7.51. The molecule has 0 atom stereocenters. The number of phenolic OH excluding ortho intramolecular Hbond substituents is 2. The predicted molar refractivity (Wildman–Crippen MR) is 52.0 cm³/mol. The molecule has 0 spiro atoms. The van der Waals surface area contributed by atoms with Gasteiger partial charge in [0.1, 0.15) is 11.5 Å². The Hall–Kier alpha value is -2.30. The van der Waals surface area contributed by atoms with Crippen LogP contribution in [0.25, 0.3) is 10.9 Å². The van der Waals surface area contributed by atoms with Crippen molar-refractivity contribution in [3.63, 3.8) is 0 Å². The van der Waals surface area contributed by atoms with Crippen molar-refractivity contribution in [1.29, 1.82) is 0 Å². The predicted octanol–water partition coefficient (Wildman–Crippen LogP) is 1.34. The van der Waals surface area contributed by atoms with E-state index in [2.05, 4.69) is 4.98 Å². The molecule has 3 N–H and O–H groups in total. The first-order valence-electron chi connectivity index (χ1n) is 4.13. The smallest absolute Gasteiger partial charge is 0.337 e. The summed E-state index contributed by atoms with van der Waals surface area (Å²) >= 11 is 0. The molecule has 0 fully saturated rings. The van der Waals surface area contributed by atoms with Crippen molar-refractivity contribution < 1.29 is 20.1 Å². The number of carboxylic acid groups (broad SMARTS) is 1. The zero-order valence-electron chi connectivity index (χ0n) is 7.51. The first-order chi connectivity index (χ1) is 7.08. The van der Waals surface area contributed by atoms with Crippen LogP contribution in [0.5, 0.6) is 11.5 Å². The van der Waals surface area contributed by atoms with Crippen LogP contribution in [0.1, 0.15) is 10.4 Å². The van der Waals surface area contributed by atoms with Crippen LogP contribution in [0, 0.1) is 0 Å². The van der Waals surface area contributed by atoms with Crippen LogP contribution in [0.3, 0.4) is 0 Å². The van der Waals surface area contributed by atoms with Crippen LogP contribution >= 0.6 is 0 Å². The van der Waals surface area contributed by atoms with Gasteiger partial charge in [-0.1, -0.05) is 0 Å². The summed E-state index contributed by atoms with van der Waals surface area (Å²) in [6.07, 6.45) is 1.17. The van der Waals surface area contributed by atoms with Crippen molar-refractivity contribution >= 4 is 16.9 Å². The van der Waals surface area contributed by atoms with E-state index in [1.807, 2.05) is 0 Å². The molecule has 1 heterocycles. The highest BCUT2D eigenvalue weighted by molar-refractivity contribution is 5.94. The number of nitrogens with zero attached hydrogens (tertiary/aromatic N) is 1. The summed E-state index contributed by atoms with van der Waals surface area (Å²) in [5.74, 6) is -1.42. The summed E-state index contributed by atoms with van der Waals surface area (Å²) in [4.78, 5) is 14.5. The second kappa shape index (κ2) is 3.13. The second-order valence-electron chi connectivity index (χ2n) is 3.06. The number of benzene rings is 1. The standard InChI is InChI=1S/C10H7NO4/c12-6-2-8-7(9(13)3-6)1-5(4-11-8)10(14)15/h1-4,12-13H,(H,14,15). The number of rotatable bonds is 1. The second-order valence-corrected chi connectivity index (χ2v) is 3.06. The number of aromatic carboxylic acids is 1. The summed E-state index contributed by atoms with van der Waals surface area (Å²) in [5, 5.41) is 27.7. The number of pyridine rings is 1. The summed E-state index contributed by atoms with van der Waals surface area (Å²) in [7, 11) is 0. The zero-order chi connectivity index (χ0) is 11.0. The first kappa shape index (κ1) is 9.26. The Bertz CT molecular complexity index is 550. The Kier molecular flexibility index (Phi) is 1.93. The van der Waals surface area contributed by atoms with Crippen LogP contribution in [0.4, 0.5) is 0 Å². The minimum Gasteiger partial charge on any atom is -0.508 e. The number of fused-ring (bicyclic) bond motifs is 1. The SMILES string of the molecule is O=C(O)c1cnc2cc(O)cc(O)c2c1. The minimum absolute atomic E-state index is 0.0107. The summed E-state index contributed by atoms with van der Waals surface area (Å²) < 4.78 is 0. The molecule has 2 aromatic rings. The average molecular weight is 205 g/mol. The number of aromatic nitrogens is 1. The van der Waals surface area contributed by atoms with Crippen molar-refractivity contribution in [3.05, 3.63) is 30.0 Å². The van der Waals surface area contributed by atoms with Crippen molar-refractivity contribution in [2.75, 3.05) is 0 Å². The van der Waals surface area contributed by atoms with Crippen molar-refractivity contribution in [1.82, 2.24) is 4.98 Å². The molecule has 1 aromatic carbocycles. The van der Waals surface area contributed by atoms with Gasteiger partial charge >= 0.3 is 5.97 Å². The van der Waals surface area contributed by atoms with Gasteiger partial charge in [0.15, 0.2) is 0 Å². The fourth-order valence-corrected chi connectivity index (χ4v) is 1.31. The molecule has 0 unspecified atom stereocenters. The van der Waals surface area contributed by atoms with Crippen molar-refractivity contribution in [3.8, 4) is 11.5 Å². The quantitative estimate of drug-likeness (QED) is 0.653. The third kappa shape index (κ3) is 1.54. The van der Waals surface area contributed by atoms with E-state index in [1.54, 1.807) is 0 Å². The molecule has 5 nitrogen and oxygen atoms in total. The van der Waals surface area contributed by atoms with Gasteiger partial charge in [-0.05, 0) is 6.07 Å². The van der Waals surface area contributed by atoms with Gasteiger partial charge in [-0.25, -0.2) is 4.79 Å². The molecule has 0 saturated heterocycles. The van der Waals surface area contributed by atoms with Gasteiger partial charge in [-0.15, -0.1) is 0 Å². The highest BCUT2D eigenvalue weighted by Crippen LogP contribution is 2.28. The van der Waals surface area contributed by atoms with E-state index >= 15 is 0 Å². The first-order valence-corrected chi connectivity index (χ1v) is 4.13. The Labute approximate surface area is 84.2 Å². The largest absolute Gasteiger partial charge is 0.508 e. The summed E-state index contributed by atoms with van der Waals surface area (Å²) in [5.41, 5.74) is 0.334. The summed E-state index contributed by atoms with van der Waals surface area (Å²) in [6, 6.07) is 3.79. The number of hydrogen-bond acceptors (Lipinski definition) is 4. The maximum Gasteiger partial charge on any atom is 0.337 e. The van der Waals surface area contributed by atoms with Crippen LogP contribution in [0.2, 0.25) is 0 Å². The summed E-state index contributed by atoms with van der Waals surface area (Å²) in [6.45, 7) is 0. The minimum atomic E-state index is -1.11. The van der Waals surface area contributed by atoms with Gasteiger partial charge in [0, 0.05) is 23.7 Å². The molecule has 0 saturated carbocycles. The highest BCUT2D eigenvalue weighted by Gasteiger charge is 2.08. The number of carbonyl (C=O) groups is 1. The normalized spacial score (nSPS) is 10.4. The van der Waals surface area contributed by atoms with E-state index in [1.165, 1.54) is 18.3 Å². The molecular weight excluding hydrogens is 198 g/mol. The number of carboxylic acids is 1. The molecule has 2 rings (SSSR count). The lowest BCUT2D eigenvalue weighted by molar-refractivity contribution is 0.0696. The van der Waals surface area contributed by atoms with Gasteiger partial charge in [0.05, 0.1) is 11.1 Å². The van der Waals surface area contributed by atoms with E-state index in [9.17, 15) is 15.0 Å². The molecule has 0 radical (unpaired) electrons. The van der Waals surface area contributed by atoms with Crippen LogP contribution in [0.15, 0.2) is 24.4 Å². The Balaban J connectivity index is 2.76. The van der Waals surface area contributed by atoms with Gasteiger partial charge in [-0.3, -0.25) is 4.98 Å². The Morgan fingerprint density at radius 1 is 1.20 bits per heavy atom. The number of phenols is 2. The third-order valence-electron chi connectivity index (χ3n) is 2.01. The maximum absolute atomic E-state index is 10.7. The van der Waals surface area contributed by atoms with Gasteiger partial charge in [-0.2, -0.15) is 0 Å². The van der Waals surface area contributed by atoms with E-state index in [-0.39, 0.29) is 17.1 Å². The lowest BCUT2D eigenvalue weighted by atomic mass is 10.1. The van der Waals surface area contributed by atoms with Crippen LogP contribution in [-0.4, -0.2) is 26.3 Å². The van der Waals surface area contributed by atoms with Gasteiger partial charge < -0.3 is 15.3 Å². The molecule has 5 heteroatoms. The molecule has 15 heavy (non-hydrogen) atoms. The Morgan fingerprint density at radius 2 is 1.93 bits per heavy atom. The molecule has 0 bridgehead atoms. The number of hydrogen-bond donors (Lipinski definition) is 3. The van der Waals surface area contributed by atoms with E-state index in [0.717, 1.165) is 6.07 Å². The van der Waals surface area contributed by atoms with Crippen LogP contribution < -0.4 is 0 Å². The molecule has 0 aliphatic heterocycles. The number of aromatic hydroxyl groups is 2. The fourth-order valence-electron chi connectivity index (χ4n) is 1.31. The maximum atomic E-state index is 10.7. The Morgan fingerprint density at radius 3 is 2.60 bits per heavy atom. The molecule has 76 valence electrons. The topological polar surface area (TPSA) is 90.7 Å². The van der Waals surface area contributed by atoms with Gasteiger partial charge in [0.25, 0.3) is 0 Å². The monoisotopic (exact) mass is 205 g/mol. The molecule has 0 amide bonds. The van der Waals surface area contributed by atoms with Crippen molar-refractivity contribution in [2.24, 2.45) is 0 Å². The molecular formula is C10H7NO4. The lowest BCUT2D eigenvalue weighted by Gasteiger charge is -2.02. The van der Waals surface area contributed by atoms with E-state index in [4.69, 9.17) is 5.11 Å². The average Bonchev–Trinajstić information content (AvgIpc) is 2.16. The van der Waals surface area contributed by atoms with Crippen molar-refractivity contribution in [2.45, 2.75) is 0 Å². The van der Waals surface area contributed by atoms with E-state index < -0.39 is 5.97 Å². The molecule has 0 aliphatic rings. The lowest BCUT2D eigenvalue weighted by Crippen LogP contribution is -1.96. The van der Waals surface area contributed by atoms with E-state index in [0.29, 0.717) is 10.9 Å². The van der Waals surface area contributed by atoms with Crippen LogP contribution in [-0.2, 0) is 0 Å². The molecule has 0 aliphatic carbocycles. The third-order valence-corrected chi connectivity index (χ3v) is 2.01. The fraction of sp³-hybridized carbons (Fsp3) is 0.